The van der Waals surface area contributed by atoms with Crippen molar-refractivity contribution in [3.8, 4) is 11.5 Å². The number of carbonyl (C=O) groups excluding carboxylic acids is 1. The Kier molecular flexibility index (Phi) is 5.80. The number of benzene rings is 2. The molecule has 1 amide bonds. The number of hydrogen-bond donors (Lipinski definition) is 3. The maximum Gasteiger partial charge on any atom is 0.352 e. The van der Waals surface area contributed by atoms with Gasteiger partial charge in [-0.25, -0.2) is 9.48 Å². The summed E-state index contributed by atoms with van der Waals surface area (Å²) in [5.41, 5.74) is 1.47. The van der Waals surface area contributed by atoms with E-state index in [0.29, 0.717) is 23.8 Å². The lowest BCUT2D eigenvalue weighted by molar-refractivity contribution is -0.132. The molecule has 0 radical (unpaired) electrons. The Balaban J connectivity index is 1.71. The minimum absolute atomic E-state index is 0.0483. The summed E-state index contributed by atoms with van der Waals surface area (Å²) in [6.07, 6.45) is 2.96. The van der Waals surface area contributed by atoms with Gasteiger partial charge in [0.15, 0.2) is 0 Å². The Labute approximate surface area is 184 Å². The van der Waals surface area contributed by atoms with Crippen LogP contribution in [-0.2, 0) is 4.79 Å². The Morgan fingerprint density at radius 3 is 2.62 bits per heavy atom. The van der Waals surface area contributed by atoms with Gasteiger partial charge in [-0.2, -0.15) is 5.10 Å². The van der Waals surface area contributed by atoms with E-state index in [-0.39, 0.29) is 17.1 Å². The average molecular weight is 434 g/mol. The van der Waals surface area contributed by atoms with E-state index in [2.05, 4.69) is 15.7 Å². The predicted molar refractivity (Wildman–Crippen MR) is 118 cm³/mol. The Bertz CT molecular complexity index is 1180. The molecule has 0 fully saturated rings. The zero-order valence-electron chi connectivity index (χ0n) is 17.5. The van der Waals surface area contributed by atoms with Crippen LogP contribution < -0.4 is 20.1 Å². The fourth-order valence-corrected chi connectivity index (χ4v) is 3.49. The highest BCUT2D eigenvalue weighted by Crippen LogP contribution is 2.36. The number of carbonyl (C=O) groups is 2. The summed E-state index contributed by atoms with van der Waals surface area (Å²) in [6.45, 7) is 2.33. The molecule has 2 aromatic carbocycles. The molecule has 4 rings (SSSR count). The van der Waals surface area contributed by atoms with Crippen molar-refractivity contribution in [3.63, 3.8) is 0 Å². The van der Waals surface area contributed by atoms with E-state index < -0.39 is 17.9 Å². The molecule has 9 heteroatoms. The minimum Gasteiger partial charge on any atom is -0.497 e. The van der Waals surface area contributed by atoms with E-state index >= 15 is 0 Å². The summed E-state index contributed by atoms with van der Waals surface area (Å²) in [4.78, 5) is 24.8. The van der Waals surface area contributed by atoms with Crippen LogP contribution in [0.2, 0.25) is 0 Å². The molecule has 3 N–H and O–H groups in total. The first kappa shape index (κ1) is 21.0. The van der Waals surface area contributed by atoms with Crippen LogP contribution in [0.15, 0.2) is 66.5 Å². The minimum atomic E-state index is -1.14. The zero-order chi connectivity index (χ0) is 22.7. The molecular formula is C23H22N4O5. The molecule has 0 saturated carbocycles. The predicted octanol–water partition coefficient (Wildman–Crippen LogP) is 3.53. The van der Waals surface area contributed by atoms with Crippen LogP contribution in [0.4, 0.5) is 11.5 Å². The standard InChI is InChI=1S/C23H22N4O5/c1-3-32-20-7-5-4-6-16(20)19-12-18(23(29)30)26-21-17(13-24-27(19)21)22(28)25-14-8-10-15(31-2)11-9-14/h4-13,19,26H,3H2,1-2H3,(H,25,28)(H,29,30)/t19-/m0/s1. The van der Waals surface area contributed by atoms with Crippen LogP contribution >= 0.6 is 0 Å². The number of carboxylic acids is 1. The molecule has 0 unspecified atom stereocenters. The van der Waals surface area contributed by atoms with Gasteiger partial charge in [-0.15, -0.1) is 0 Å². The van der Waals surface area contributed by atoms with Gasteiger partial charge in [-0.05, 0) is 43.3 Å². The third kappa shape index (κ3) is 4.00. The van der Waals surface area contributed by atoms with Crippen LogP contribution in [0.5, 0.6) is 11.5 Å². The topological polar surface area (TPSA) is 115 Å². The number of anilines is 2. The van der Waals surface area contributed by atoms with Gasteiger partial charge in [0.1, 0.15) is 34.6 Å². The number of amides is 1. The molecule has 1 atom stereocenters. The number of aromatic nitrogens is 2. The number of ether oxygens (including phenoxy) is 2. The molecule has 1 aliphatic rings. The molecule has 2 heterocycles. The van der Waals surface area contributed by atoms with Crippen molar-refractivity contribution in [2.45, 2.75) is 13.0 Å². The van der Waals surface area contributed by atoms with E-state index in [0.717, 1.165) is 5.56 Å². The van der Waals surface area contributed by atoms with E-state index in [1.54, 1.807) is 42.1 Å². The molecule has 9 nitrogen and oxygen atoms in total. The number of fused-ring (bicyclic) bond motifs is 1. The summed E-state index contributed by atoms with van der Waals surface area (Å²) in [6, 6.07) is 13.7. The SMILES string of the molecule is CCOc1ccccc1[C@@H]1C=C(C(=O)O)Nc2c(C(=O)Nc3ccc(OC)cc3)cnn21. The van der Waals surface area contributed by atoms with Crippen LogP contribution in [0.3, 0.4) is 0 Å². The molecular weight excluding hydrogens is 412 g/mol. The largest absolute Gasteiger partial charge is 0.497 e. The number of nitrogens with zero attached hydrogens (tertiary/aromatic N) is 2. The number of hydrogen-bond acceptors (Lipinski definition) is 6. The van der Waals surface area contributed by atoms with Crippen molar-refractivity contribution in [2.75, 3.05) is 24.4 Å². The van der Waals surface area contributed by atoms with Gasteiger partial charge in [0, 0.05) is 11.3 Å². The lowest BCUT2D eigenvalue weighted by Gasteiger charge is -2.25. The highest BCUT2D eigenvalue weighted by atomic mass is 16.5. The summed E-state index contributed by atoms with van der Waals surface area (Å²) in [5, 5.41) is 19.6. The number of para-hydroxylation sites is 1. The van der Waals surface area contributed by atoms with Gasteiger partial charge in [-0.1, -0.05) is 18.2 Å². The number of aliphatic carboxylic acids is 1. The monoisotopic (exact) mass is 434 g/mol. The lowest BCUT2D eigenvalue weighted by atomic mass is 10.0. The fraction of sp³-hybridized carbons (Fsp3) is 0.174. The van der Waals surface area contributed by atoms with E-state index in [9.17, 15) is 14.7 Å². The van der Waals surface area contributed by atoms with Gasteiger partial charge in [0.05, 0.1) is 19.9 Å². The summed E-state index contributed by atoms with van der Waals surface area (Å²) in [7, 11) is 1.56. The van der Waals surface area contributed by atoms with Crippen molar-refractivity contribution in [1.29, 1.82) is 0 Å². The van der Waals surface area contributed by atoms with Crippen molar-refractivity contribution < 1.29 is 24.2 Å². The highest BCUT2D eigenvalue weighted by Gasteiger charge is 2.30. The van der Waals surface area contributed by atoms with Crippen LogP contribution in [-0.4, -0.2) is 40.5 Å². The average Bonchev–Trinajstić information content (AvgIpc) is 3.24. The molecule has 1 aromatic heterocycles. The number of allylic oxidation sites excluding steroid dienone is 1. The molecule has 0 saturated heterocycles. The first-order valence-electron chi connectivity index (χ1n) is 9.98. The lowest BCUT2D eigenvalue weighted by Crippen LogP contribution is -2.26. The van der Waals surface area contributed by atoms with E-state index in [4.69, 9.17) is 9.47 Å². The number of nitrogens with one attached hydrogen (secondary N) is 2. The maximum atomic E-state index is 13.0. The van der Waals surface area contributed by atoms with Gasteiger partial charge in [-0.3, -0.25) is 4.79 Å². The van der Waals surface area contributed by atoms with Gasteiger partial charge in [0.2, 0.25) is 0 Å². The van der Waals surface area contributed by atoms with E-state index in [1.165, 1.54) is 6.20 Å². The molecule has 3 aromatic rings. The van der Waals surface area contributed by atoms with Gasteiger partial charge < -0.3 is 25.2 Å². The quantitative estimate of drug-likeness (QED) is 0.521. The molecule has 32 heavy (non-hydrogen) atoms. The summed E-state index contributed by atoms with van der Waals surface area (Å²) >= 11 is 0. The zero-order valence-corrected chi connectivity index (χ0v) is 17.5. The van der Waals surface area contributed by atoms with Crippen molar-refractivity contribution in [3.05, 3.63) is 77.6 Å². The maximum absolute atomic E-state index is 13.0. The molecule has 0 spiro atoms. The highest BCUT2D eigenvalue weighted by molar-refractivity contribution is 6.08. The first-order valence-corrected chi connectivity index (χ1v) is 9.98. The second-order valence-electron chi connectivity index (χ2n) is 6.96. The number of methoxy groups -OCH3 is 1. The first-order chi connectivity index (χ1) is 15.5. The van der Waals surface area contributed by atoms with Crippen molar-refractivity contribution in [2.24, 2.45) is 0 Å². The number of rotatable bonds is 7. The van der Waals surface area contributed by atoms with E-state index in [1.807, 2.05) is 31.2 Å². The molecule has 164 valence electrons. The second-order valence-corrected chi connectivity index (χ2v) is 6.96. The summed E-state index contributed by atoms with van der Waals surface area (Å²) in [5.74, 6) is 0.00524. The van der Waals surface area contributed by atoms with Gasteiger partial charge >= 0.3 is 5.97 Å². The third-order valence-electron chi connectivity index (χ3n) is 5.00. The van der Waals surface area contributed by atoms with Crippen molar-refractivity contribution in [1.82, 2.24) is 9.78 Å². The smallest absolute Gasteiger partial charge is 0.352 e. The number of carboxylic acid groups (broad SMARTS) is 1. The molecule has 1 aliphatic heterocycles. The van der Waals surface area contributed by atoms with Crippen LogP contribution in [0, 0.1) is 0 Å². The molecule has 0 aliphatic carbocycles. The Hall–Kier alpha value is -4.27. The normalized spacial score (nSPS) is 14.6. The summed E-state index contributed by atoms with van der Waals surface area (Å²) < 4.78 is 12.4. The molecule has 0 bridgehead atoms. The van der Waals surface area contributed by atoms with Crippen molar-refractivity contribution >= 4 is 23.4 Å². The second kappa shape index (κ2) is 8.84. The fourth-order valence-electron chi connectivity index (χ4n) is 3.49. The van der Waals surface area contributed by atoms with Gasteiger partial charge in [0.25, 0.3) is 5.91 Å². The third-order valence-corrected chi connectivity index (χ3v) is 5.00. The Morgan fingerprint density at radius 1 is 1.19 bits per heavy atom. The van der Waals surface area contributed by atoms with Crippen LogP contribution in [0.1, 0.15) is 28.9 Å². The Morgan fingerprint density at radius 2 is 1.94 bits per heavy atom. The van der Waals surface area contributed by atoms with Crippen LogP contribution in [0.25, 0.3) is 0 Å².